The van der Waals surface area contributed by atoms with Crippen molar-refractivity contribution < 1.29 is 13.2 Å². The summed E-state index contributed by atoms with van der Waals surface area (Å²) < 4.78 is 38.6. The van der Waals surface area contributed by atoms with Gasteiger partial charge in [0, 0.05) is 55.2 Å². The normalized spacial score (nSPS) is 18.3. The molecule has 0 unspecified atom stereocenters. The molecule has 0 aromatic carbocycles. The SMILES string of the molecule is C[C@H]1CN(c2nc(-c3ccnc(Nc4ccc(C(F)(F)F)cn4)c3)nc3cncc(C4CC4)c23)CCN1. The molecule has 1 saturated carbocycles. The maximum absolute atomic E-state index is 12.9. The fraction of sp³-hybridized carbons (Fsp3) is 0.346. The van der Waals surface area contributed by atoms with Gasteiger partial charge in [0.15, 0.2) is 5.82 Å². The first-order valence-electron chi connectivity index (χ1n) is 12.3. The Kier molecular flexibility index (Phi) is 5.86. The zero-order valence-electron chi connectivity index (χ0n) is 20.1. The average molecular weight is 507 g/mol. The number of nitrogens with one attached hydrogen (secondary N) is 2. The molecule has 1 saturated heterocycles. The van der Waals surface area contributed by atoms with Crippen molar-refractivity contribution in [3.63, 3.8) is 0 Å². The zero-order chi connectivity index (χ0) is 25.6. The van der Waals surface area contributed by atoms with Gasteiger partial charge in [-0.3, -0.25) is 4.98 Å². The van der Waals surface area contributed by atoms with Crippen LogP contribution in [-0.4, -0.2) is 50.6 Å². The predicted octanol–water partition coefficient (Wildman–Crippen LogP) is 4.92. The van der Waals surface area contributed by atoms with Crippen LogP contribution in [-0.2, 0) is 6.18 Å². The Balaban J connectivity index is 1.37. The van der Waals surface area contributed by atoms with Crippen LogP contribution in [0.1, 0.15) is 36.8 Å². The summed E-state index contributed by atoms with van der Waals surface area (Å²) in [7, 11) is 0. The number of rotatable bonds is 5. The number of hydrogen-bond acceptors (Lipinski definition) is 8. The van der Waals surface area contributed by atoms with E-state index >= 15 is 0 Å². The summed E-state index contributed by atoms with van der Waals surface area (Å²) in [5.74, 6) is 2.63. The van der Waals surface area contributed by atoms with Crippen molar-refractivity contribution in [1.29, 1.82) is 0 Å². The predicted molar refractivity (Wildman–Crippen MR) is 135 cm³/mol. The van der Waals surface area contributed by atoms with Crippen molar-refractivity contribution in [2.45, 2.75) is 37.9 Å². The highest BCUT2D eigenvalue weighted by atomic mass is 19.4. The smallest absolute Gasteiger partial charge is 0.353 e. The molecule has 4 aromatic rings. The van der Waals surface area contributed by atoms with Crippen LogP contribution in [0.15, 0.2) is 49.1 Å². The number of alkyl halides is 3. The summed E-state index contributed by atoms with van der Waals surface area (Å²) in [6.45, 7) is 4.71. The van der Waals surface area contributed by atoms with Crippen molar-refractivity contribution >= 4 is 28.4 Å². The third-order valence-corrected chi connectivity index (χ3v) is 6.67. The summed E-state index contributed by atoms with van der Waals surface area (Å²) in [6, 6.07) is 6.17. The largest absolute Gasteiger partial charge is 0.417 e. The maximum atomic E-state index is 12.9. The van der Waals surface area contributed by atoms with Crippen LogP contribution in [0.5, 0.6) is 0 Å². The Hall–Kier alpha value is -3.86. The van der Waals surface area contributed by atoms with Gasteiger partial charge >= 0.3 is 6.18 Å². The van der Waals surface area contributed by atoms with E-state index < -0.39 is 11.7 Å². The number of nitrogens with zero attached hydrogens (tertiary/aromatic N) is 6. The van der Waals surface area contributed by atoms with Gasteiger partial charge in [-0.15, -0.1) is 0 Å². The van der Waals surface area contributed by atoms with Crippen LogP contribution in [0.4, 0.5) is 30.6 Å². The topological polar surface area (TPSA) is 91.8 Å². The molecule has 5 heterocycles. The van der Waals surface area contributed by atoms with Crippen molar-refractivity contribution in [1.82, 2.24) is 30.2 Å². The maximum Gasteiger partial charge on any atom is 0.417 e. The average Bonchev–Trinajstić information content (AvgIpc) is 3.73. The minimum Gasteiger partial charge on any atom is -0.353 e. The summed E-state index contributed by atoms with van der Waals surface area (Å²) in [5, 5.41) is 7.52. The number of anilines is 3. The Labute approximate surface area is 211 Å². The minimum absolute atomic E-state index is 0.255. The van der Waals surface area contributed by atoms with Crippen LogP contribution < -0.4 is 15.5 Å². The lowest BCUT2D eigenvalue weighted by atomic mass is 10.1. The number of hydrogen-bond donors (Lipinski definition) is 2. The molecule has 0 bridgehead atoms. The zero-order valence-corrected chi connectivity index (χ0v) is 20.1. The third kappa shape index (κ3) is 4.91. The second-order valence-electron chi connectivity index (χ2n) is 9.55. The monoisotopic (exact) mass is 506 g/mol. The van der Waals surface area contributed by atoms with Crippen LogP contribution in [0, 0.1) is 0 Å². The molecule has 190 valence electrons. The van der Waals surface area contributed by atoms with Crippen LogP contribution in [0.3, 0.4) is 0 Å². The summed E-state index contributed by atoms with van der Waals surface area (Å²) in [4.78, 5) is 24.9. The molecule has 1 aliphatic heterocycles. The first-order chi connectivity index (χ1) is 17.8. The molecule has 6 rings (SSSR count). The highest BCUT2D eigenvalue weighted by Gasteiger charge is 2.31. The Bertz CT molecular complexity index is 1440. The molecule has 0 spiro atoms. The Morgan fingerprint density at radius 3 is 2.62 bits per heavy atom. The second-order valence-corrected chi connectivity index (χ2v) is 9.55. The minimum atomic E-state index is -4.44. The first kappa shape index (κ1) is 23.5. The fourth-order valence-electron chi connectivity index (χ4n) is 4.68. The number of piperazine rings is 1. The lowest BCUT2D eigenvalue weighted by Crippen LogP contribution is -2.49. The first-order valence-corrected chi connectivity index (χ1v) is 12.3. The van der Waals surface area contributed by atoms with E-state index in [0.29, 0.717) is 23.6 Å². The van der Waals surface area contributed by atoms with E-state index in [4.69, 9.17) is 9.97 Å². The van der Waals surface area contributed by atoms with E-state index in [2.05, 4.69) is 37.4 Å². The number of fused-ring (bicyclic) bond motifs is 1. The summed E-state index contributed by atoms with van der Waals surface area (Å²) >= 11 is 0. The van der Waals surface area contributed by atoms with E-state index in [1.54, 1.807) is 18.5 Å². The van der Waals surface area contributed by atoms with Crippen molar-refractivity contribution in [3.05, 3.63) is 60.2 Å². The van der Waals surface area contributed by atoms with Crippen LogP contribution in [0.2, 0.25) is 0 Å². The number of halogens is 3. The quantitative estimate of drug-likeness (QED) is 0.394. The molecule has 37 heavy (non-hydrogen) atoms. The summed E-state index contributed by atoms with van der Waals surface area (Å²) in [5.41, 5.74) is 1.92. The van der Waals surface area contributed by atoms with E-state index in [1.807, 2.05) is 12.3 Å². The standard InChI is InChI=1S/C26H25F3N8/c1-15-14-37(9-8-31-15)25-23-19(16-2-3-16)12-30-13-20(23)34-24(36-25)17-6-7-32-22(10-17)35-21-5-4-18(11-33-21)26(27,28)29/h4-7,10-13,15-16,31H,2-3,8-9,14H2,1H3,(H,32,33,35)/t15-/m0/s1. The molecule has 2 aliphatic rings. The Morgan fingerprint density at radius 2 is 1.89 bits per heavy atom. The third-order valence-electron chi connectivity index (χ3n) is 6.67. The van der Waals surface area contributed by atoms with Gasteiger partial charge in [-0.2, -0.15) is 13.2 Å². The molecule has 1 aliphatic carbocycles. The van der Waals surface area contributed by atoms with Gasteiger partial charge in [0.1, 0.15) is 17.5 Å². The lowest BCUT2D eigenvalue weighted by Gasteiger charge is -2.33. The molecule has 0 amide bonds. The van der Waals surface area contributed by atoms with Gasteiger partial charge in [-0.05, 0) is 55.5 Å². The number of pyridine rings is 3. The summed E-state index contributed by atoms with van der Waals surface area (Å²) in [6.07, 6.45) is 4.00. The Morgan fingerprint density at radius 1 is 1.03 bits per heavy atom. The van der Waals surface area contributed by atoms with E-state index in [-0.39, 0.29) is 5.82 Å². The molecule has 11 heteroatoms. The fourth-order valence-corrected chi connectivity index (χ4v) is 4.68. The van der Waals surface area contributed by atoms with Gasteiger partial charge in [0.25, 0.3) is 0 Å². The van der Waals surface area contributed by atoms with Gasteiger partial charge in [0.05, 0.1) is 17.3 Å². The van der Waals surface area contributed by atoms with E-state index in [1.165, 1.54) is 11.6 Å². The highest BCUT2D eigenvalue weighted by Crippen LogP contribution is 2.45. The van der Waals surface area contributed by atoms with Gasteiger partial charge in [-0.1, -0.05) is 0 Å². The van der Waals surface area contributed by atoms with E-state index in [0.717, 1.165) is 67.0 Å². The van der Waals surface area contributed by atoms with Gasteiger partial charge in [0.2, 0.25) is 0 Å². The molecule has 2 N–H and O–H groups in total. The van der Waals surface area contributed by atoms with Gasteiger partial charge < -0.3 is 15.5 Å². The molecule has 4 aromatic heterocycles. The highest BCUT2D eigenvalue weighted by molar-refractivity contribution is 5.94. The molecular weight excluding hydrogens is 481 g/mol. The second kappa shape index (κ2) is 9.22. The molecular formula is C26H25F3N8. The van der Waals surface area contributed by atoms with Gasteiger partial charge in [-0.25, -0.2) is 19.9 Å². The van der Waals surface area contributed by atoms with Crippen molar-refractivity contribution in [2.24, 2.45) is 0 Å². The van der Waals surface area contributed by atoms with Crippen molar-refractivity contribution in [2.75, 3.05) is 29.9 Å². The number of aromatic nitrogens is 5. The van der Waals surface area contributed by atoms with Crippen LogP contribution in [0.25, 0.3) is 22.3 Å². The molecule has 8 nitrogen and oxygen atoms in total. The molecule has 1 atom stereocenters. The van der Waals surface area contributed by atoms with Crippen LogP contribution >= 0.6 is 0 Å². The molecule has 0 radical (unpaired) electrons. The van der Waals surface area contributed by atoms with E-state index in [9.17, 15) is 13.2 Å². The molecule has 2 fully saturated rings. The van der Waals surface area contributed by atoms with Crippen molar-refractivity contribution in [3.8, 4) is 11.4 Å². The lowest BCUT2D eigenvalue weighted by molar-refractivity contribution is -0.137.